The summed E-state index contributed by atoms with van der Waals surface area (Å²) in [6, 6.07) is 18.7. The van der Waals surface area contributed by atoms with Crippen LogP contribution in [-0.2, 0) is 9.59 Å². The second-order valence-corrected chi connectivity index (χ2v) is 10.7. The van der Waals surface area contributed by atoms with E-state index < -0.39 is 17.7 Å². The largest absolute Gasteiger partial charge is 0.507 e. The number of carbonyl (C=O) groups is 2. The van der Waals surface area contributed by atoms with E-state index in [1.165, 1.54) is 16.2 Å². The van der Waals surface area contributed by atoms with Crippen LogP contribution in [0.3, 0.4) is 0 Å². The number of ketones is 1. The average Bonchev–Trinajstić information content (AvgIpc) is 3.53. The van der Waals surface area contributed by atoms with Crippen molar-refractivity contribution in [2.24, 2.45) is 0 Å². The minimum atomic E-state index is -0.901. The summed E-state index contributed by atoms with van der Waals surface area (Å²) in [5, 5.41) is 11.9. The van der Waals surface area contributed by atoms with E-state index in [0.717, 1.165) is 24.0 Å². The maximum absolute atomic E-state index is 13.6. The van der Waals surface area contributed by atoms with Gasteiger partial charge in [0.15, 0.2) is 5.13 Å². The first-order chi connectivity index (χ1) is 19.9. The van der Waals surface area contributed by atoms with Gasteiger partial charge in [-0.05, 0) is 60.9 Å². The van der Waals surface area contributed by atoms with Crippen molar-refractivity contribution < 1.29 is 28.9 Å². The molecule has 8 nitrogen and oxygen atoms in total. The van der Waals surface area contributed by atoms with Crippen molar-refractivity contribution in [3.63, 3.8) is 0 Å². The van der Waals surface area contributed by atoms with E-state index in [1.807, 2.05) is 43.3 Å². The van der Waals surface area contributed by atoms with Crippen molar-refractivity contribution in [2.75, 3.05) is 25.2 Å². The summed E-state index contributed by atoms with van der Waals surface area (Å²) in [6.45, 7) is 5.21. The number of anilines is 1. The number of nitrogens with zero attached hydrogens (tertiary/aromatic N) is 2. The first kappa shape index (κ1) is 28.2. The van der Waals surface area contributed by atoms with Crippen LogP contribution in [0.25, 0.3) is 16.0 Å². The molecule has 1 N–H and O–H groups in total. The smallest absolute Gasteiger partial charge is 0.301 e. The Hall–Kier alpha value is -4.37. The minimum absolute atomic E-state index is 0.0147. The van der Waals surface area contributed by atoms with Crippen LogP contribution in [0.15, 0.2) is 72.3 Å². The summed E-state index contributed by atoms with van der Waals surface area (Å²) >= 11 is 1.28. The summed E-state index contributed by atoms with van der Waals surface area (Å²) in [5.41, 5.74) is 1.69. The predicted molar refractivity (Wildman–Crippen MR) is 160 cm³/mol. The van der Waals surface area contributed by atoms with Crippen LogP contribution >= 0.6 is 11.3 Å². The molecule has 3 aromatic carbocycles. The molecule has 1 saturated heterocycles. The number of hydrogen-bond donors (Lipinski definition) is 1. The van der Waals surface area contributed by atoms with Gasteiger partial charge in [0.05, 0.1) is 42.2 Å². The third-order valence-corrected chi connectivity index (χ3v) is 7.80. The van der Waals surface area contributed by atoms with Gasteiger partial charge in [-0.1, -0.05) is 55.9 Å². The van der Waals surface area contributed by atoms with Crippen LogP contribution in [0.2, 0.25) is 0 Å². The van der Waals surface area contributed by atoms with Gasteiger partial charge in [0.25, 0.3) is 5.78 Å². The molecule has 1 aliphatic rings. The molecule has 212 valence electrons. The normalized spacial score (nSPS) is 16.4. The SMILES string of the molecule is CCCCOc1ccc(C2C(=C(O)c3cccc(OCCC)c3)C(=O)C(=O)N2c2nc3ccc(OC)cc3s2)cc1. The van der Waals surface area contributed by atoms with Crippen molar-refractivity contribution in [2.45, 2.75) is 39.2 Å². The number of fused-ring (bicyclic) bond motifs is 1. The molecule has 4 aromatic rings. The standard InChI is InChI=1S/C32H32N2O6S/c1-4-6-17-40-22-12-10-20(11-13-22)28-27(29(35)21-8-7-9-24(18-21)39-16-5-2)30(36)31(37)34(28)32-33-25-15-14-23(38-3)19-26(25)41-32/h7-15,18-19,28,35H,4-6,16-17H2,1-3H3. The van der Waals surface area contributed by atoms with Crippen molar-refractivity contribution in [1.29, 1.82) is 0 Å². The summed E-state index contributed by atoms with van der Waals surface area (Å²) < 4.78 is 17.7. The number of Topliss-reactive ketones (excluding diaryl/α,β-unsaturated/α-hetero) is 1. The maximum Gasteiger partial charge on any atom is 0.301 e. The fourth-order valence-corrected chi connectivity index (χ4v) is 5.68. The molecule has 1 atom stereocenters. The number of benzene rings is 3. The molecule has 5 rings (SSSR count). The second-order valence-electron chi connectivity index (χ2n) is 9.65. The van der Waals surface area contributed by atoms with Gasteiger partial charge in [-0.25, -0.2) is 4.98 Å². The van der Waals surface area contributed by atoms with E-state index in [9.17, 15) is 14.7 Å². The highest BCUT2D eigenvalue weighted by Crippen LogP contribution is 2.45. The molecule has 0 bridgehead atoms. The molecule has 1 amide bonds. The number of hydrogen-bond acceptors (Lipinski definition) is 8. The van der Waals surface area contributed by atoms with Crippen LogP contribution in [-0.4, -0.2) is 42.1 Å². The monoisotopic (exact) mass is 572 g/mol. The fourth-order valence-electron chi connectivity index (χ4n) is 4.66. The Morgan fingerprint density at radius 3 is 2.41 bits per heavy atom. The molecule has 0 spiro atoms. The molecule has 0 saturated carbocycles. The van der Waals surface area contributed by atoms with E-state index in [2.05, 4.69) is 11.9 Å². The van der Waals surface area contributed by atoms with Crippen LogP contribution in [0.4, 0.5) is 5.13 Å². The van der Waals surface area contributed by atoms with Crippen LogP contribution < -0.4 is 19.1 Å². The minimum Gasteiger partial charge on any atom is -0.507 e. The van der Waals surface area contributed by atoms with E-state index in [0.29, 0.717) is 52.2 Å². The van der Waals surface area contributed by atoms with Gasteiger partial charge in [0, 0.05) is 5.56 Å². The molecule has 41 heavy (non-hydrogen) atoms. The third kappa shape index (κ3) is 5.76. The Kier molecular flexibility index (Phi) is 8.54. The quantitative estimate of drug-likeness (QED) is 0.0904. The van der Waals surface area contributed by atoms with Gasteiger partial charge in [-0.2, -0.15) is 0 Å². The van der Waals surface area contributed by atoms with Crippen molar-refractivity contribution in [3.05, 3.63) is 83.4 Å². The molecular weight excluding hydrogens is 540 g/mol. The Bertz CT molecular complexity index is 1590. The fraction of sp³-hybridized carbons (Fsp3) is 0.281. The van der Waals surface area contributed by atoms with E-state index >= 15 is 0 Å². The number of rotatable bonds is 11. The number of aliphatic hydroxyl groups is 1. The molecule has 1 aromatic heterocycles. The Balaban J connectivity index is 1.62. The highest BCUT2D eigenvalue weighted by molar-refractivity contribution is 7.22. The summed E-state index contributed by atoms with van der Waals surface area (Å²) in [4.78, 5) is 33.3. The Morgan fingerprint density at radius 2 is 1.68 bits per heavy atom. The summed E-state index contributed by atoms with van der Waals surface area (Å²) in [7, 11) is 1.58. The molecule has 2 heterocycles. The number of amides is 1. The predicted octanol–water partition coefficient (Wildman–Crippen LogP) is 6.90. The van der Waals surface area contributed by atoms with Gasteiger partial charge >= 0.3 is 5.91 Å². The molecule has 0 aliphatic carbocycles. The lowest BCUT2D eigenvalue weighted by Crippen LogP contribution is -2.29. The zero-order chi connectivity index (χ0) is 28.9. The third-order valence-electron chi connectivity index (χ3n) is 6.78. The Labute approximate surface area is 242 Å². The van der Waals surface area contributed by atoms with E-state index in [4.69, 9.17) is 14.2 Å². The van der Waals surface area contributed by atoms with Crippen LogP contribution in [0.5, 0.6) is 17.2 Å². The molecule has 1 fully saturated rings. The topological polar surface area (TPSA) is 98.2 Å². The van der Waals surface area contributed by atoms with Crippen molar-refractivity contribution in [3.8, 4) is 17.2 Å². The number of aromatic nitrogens is 1. The molecular formula is C32H32N2O6S. The lowest BCUT2D eigenvalue weighted by Gasteiger charge is -2.23. The van der Waals surface area contributed by atoms with Crippen LogP contribution in [0, 0.1) is 0 Å². The van der Waals surface area contributed by atoms with Crippen LogP contribution in [0.1, 0.15) is 50.3 Å². The Morgan fingerprint density at radius 1 is 0.927 bits per heavy atom. The van der Waals surface area contributed by atoms with Gasteiger partial charge < -0.3 is 19.3 Å². The van der Waals surface area contributed by atoms with Gasteiger partial charge in [0.2, 0.25) is 0 Å². The number of carbonyl (C=O) groups excluding carboxylic acids is 2. The number of thiazole rings is 1. The first-order valence-electron chi connectivity index (χ1n) is 13.7. The summed E-state index contributed by atoms with van der Waals surface area (Å²) in [5.74, 6) is 0.0955. The lowest BCUT2D eigenvalue weighted by atomic mass is 9.95. The zero-order valence-electron chi connectivity index (χ0n) is 23.3. The highest BCUT2D eigenvalue weighted by Gasteiger charge is 2.48. The van der Waals surface area contributed by atoms with E-state index in [-0.39, 0.29) is 11.3 Å². The van der Waals surface area contributed by atoms with Gasteiger partial charge in [-0.3, -0.25) is 14.5 Å². The van der Waals surface area contributed by atoms with Crippen molar-refractivity contribution in [1.82, 2.24) is 4.98 Å². The summed E-state index contributed by atoms with van der Waals surface area (Å²) in [6.07, 6.45) is 2.78. The number of methoxy groups -OCH3 is 1. The van der Waals surface area contributed by atoms with E-state index in [1.54, 1.807) is 37.4 Å². The second kappa shape index (κ2) is 12.4. The number of unbranched alkanes of at least 4 members (excludes halogenated alkanes) is 1. The molecule has 1 aliphatic heterocycles. The lowest BCUT2D eigenvalue weighted by molar-refractivity contribution is -0.132. The van der Waals surface area contributed by atoms with Crippen molar-refractivity contribution >= 4 is 44.1 Å². The zero-order valence-corrected chi connectivity index (χ0v) is 24.1. The first-order valence-corrected chi connectivity index (χ1v) is 14.5. The van der Waals surface area contributed by atoms with Gasteiger partial charge in [0.1, 0.15) is 23.0 Å². The number of ether oxygens (including phenoxy) is 3. The average molecular weight is 573 g/mol. The van der Waals surface area contributed by atoms with Gasteiger partial charge in [-0.15, -0.1) is 0 Å². The number of aliphatic hydroxyl groups excluding tert-OH is 1. The highest BCUT2D eigenvalue weighted by atomic mass is 32.1. The molecule has 0 radical (unpaired) electrons. The molecule has 1 unspecified atom stereocenters. The molecule has 9 heteroatoms. The maximum atomic E-state index is 13.6.